The molecule has 1 saturated carbocycles. The van der Waals surface area contributed by atoms with E-state index in [1.807, 2.05) is 16.8 Å². The van der Waals surface area contributed by atoms with E-state index in [-0.39, 0.29) is 23.3 Å². The molecule has 204 valence electrons. The standard InChI is InChI=1S/C30H29N5O4S/c1-2-27(38)33-10-8-20-28-23(35(32-20)22-7-6-18(13-25(22)36)17-4-3-5-17)9-11-34(24(28)15-33)30(39)19-12-21-29(26(37)14-19)40-16-31-21/h2,6-7,12-14,16-17,24,36-37H,1,3-5,8-11,15H2. The Labute approximate surface area is 235 Å². The van der Waals surface area contributed by atoms with E-state index >= 15 is 0 Å². The van der Waals surface area contributed by atoms with Crippen molar-refractivity contribution in [2.45, 2.75) is 44.1 Å². The number of amides is 2. The molecular formula is C30H29N5O4S. The Hall–Kier alpha value is -4.18. The lowest BCUT2D eigenvalue weighted by molar-refractivity contribution is -0.126. The van der Waals surface area contributed by atoms with Gasteiger partial charge in [-0.15, -0.1) is 11.3 Å². The topological polar surface area (TPSA) is 112 Å². The van der Waals surface area contributed by atoms with Crippen molar-refractivity contribution in [3.8, 4) is 17.2 Å². The molecule has 4 heterocycles. The van der Waals surface area contributed by atoms with Crippen LogP contribution in [0.1, 0.15) is 64.1 Å². The van der Waals surface area contributed by atoms with Gasteiger partial charge in [-0.1, -0.05) is 19.1 Å². The van der Waals surface area contributed by atoms with Crippen LogP contribution in [0.4, 0.5) is 0 Å². The van der Waals surface area contributed by atoms with Gasteiger partial charge in [0.1, 0.15) is 17.2 Å². The average molecular weight is 556 g/mol. The van der Waals surface area contributed by atoms with E-state index in [0.717, 1.165) is 35.4 Å². The van der Waals surface area contributed by atoms with Gasteiger partial charge in [0.15, 0.2) is 0 Å². The lowest BCUT2D eigenvalue weighted by Crippen LogP contribution is -2.45. The number of thiazole rings is 1. The molecule has 0 radical (unpaired) electrons. The van der Waals surface area contributed by atoms with Crippen LogP contribution >= 0.6 is 11.3 Å². The van der Waals surface area contributed by atoms with Crippen LogP contribution in [0.25, 0.3) is 15.9 Å². The van der Waals surface area contributed by atoms with Gasteiger partial charge in [0, 0.05) is 43.6 Å². The van der Waals surface area contributed by atoms with Gasteiger partial charge in [0.25, 0.3) is 5.91 Å². The molecule has 0 bridgehead atoms. The van der Waals surface area contributed by atoms with Crippen molar-refractivity contribution in [2.75, 3.05) is 19.6 Å². The SMILES string of the molecule is C=CC(=O)N1CCc2nn(-c3ccc(C4CCC4)cc3O)c3c2C(C1)N(C(=O)c1cc(O)c2scnc2c1)CC3. The molecule has 7 rings (SSSR count). The largest absolute Gasteiger partial charge is 0.506 e. The van der Waals surface area contributed by atoms with Crippen molar-refractivity contribution < 1.29 is 19.8 Å². The van der Waals surface area contributed by atoms with Crippen LogP contribution in [-0.4, -0.2) is 66.2 Å². The summed E-state index contributed by atoms with van der Waals surface area (Å²) in [5.41, 5.74) is 7.04. The summed E-state index contributed by atoms with van der Waals surface area (Å²) in [6.45, 7) is 4.81. The molecule has 2 amide bonds. The summed E-state index contributed by atoms with van der Waals surface area (Å²) in [5.74, 6) is 0.306. The van der Waals surface area contributed by atoms with Crippen LogP contribution in [0, 0.1) is 0 Å². The number of aromatic nitrogens is 3. The zero-order chi connectivity index (χ0) is 27.5. The molecule has 9 nitrogen and oxygen atoms in total. The van der Waals surface area contributed by atoms with Gasteiger partial charge in [-0.3, -0.25) is 9.59 Å². The number of aromatic hydroxyl groups is 2. The average Bonchev–Trinajstić information content (AvgIpc) is 3.49. The van der Waals surface area contributed by atoms with Gasteiger partial charge in [-0.25, -0.2) is 9.67 Å². The Kier molecular flexibility index (Phi) is 5.88. The van der Waals surface area contributed by atoms with Crippen molar-refractivity contribution in [3.05, 3.63) is 76.6 Å². The molecule has 1 aliphatic carbocycles. The van der Waals surface area contributed by atoms with Crippen LogP contribution < -0.4 is 0 Å². The second kappa shape index (κ2) is 9.48. The molecule has 2 aromatic carbocycles. The Bertz CT molecular complexity index is 1690. The number of carbonyl (C=O) groups excluding carboxylic acids is 2. The third kappa shape index (κ3) is 3.89. The van der Waals surface area contributed by atoms with Gasteiger partial charge in [-0.2, -0.15) is 5.10 Å². The van der Waals surface area contributed by atoms with Crippen molar-refractivity contribution in [3.63, 3.8) is 0 Å². The van der Waals surface area contributed by atoms with Crippen LogP contribution in [0.5, 0.6) is 11.5 Å². The van der Waals surface area contributed by atoms with Crippen molar-refractivity contribution in [2.24, 2.45) is 0 Å². The summed E-state index contributed by atoms with van der Waals surface area (Å²) in [6, 6.07) is 8.65. The van der Waals surface area contributed by atoms with E-state index in [2.05, 4.69) is 17.6 Å². The smallest absolute Gasteiger partial charge is 0.254 e. The van der Waals surface area contributed by atoms with Gasteiger partial charge in [-0.05, 0) is 54.7 Å². The summed E-state index contributed by atoms with van der Waals surface area (Å²) < 4.78 is 2.47. The fraction of sp³-hybridized carbons (Fsp3) is 0.333. The number of phenols is 2. The van der Waals surface area contributed by atoms with E-state index in [4.69, 9.17) is 5.10 Å². The zero-order valence-electron chi connectivity index (χ0n) is 21.9. The van der Waals surface area contributed by atoms with Crippen molar-refractivity contribution in [1.82, 2.24) is 24.6 Å². The summed E-state index contributed by atoms with van der Waals surface area (Å²) in [4.78, 5) is 34.5. The zero-order valence-corrected chi connectivity index (χ0v) is 22.7. The minimum Gasteiger partial charge on any atom is -0.506 e. The van der Waals surface area contributed by atoms with E-state index in [1.165, 1.54) is 29.9 Å². The molecule has 2 aliphatic heterocycles. The predicted molar refractivity (Wildman–Crippen MR) is 151 cm³/mol. The normalized spacial score (nSPS) is 18.8. The maximum absolute atomic E-state index is 14.0. The fourth-order valence-electron chi connectivity index (χ4n) is 6.32. The monoisotopic (exact) mass is 555 g/mol. The number of rotatable bonds is 4. The third-order valence-electron chi connectivity index (χ3n) is 8.62. The molecule has 2 aromatic heterocycles. The predicted octanol–water partition coefficient (Wildman–Crippen LogP) is 4.47. The molecule has 2 N–H and O–H groups in total. The number of phenolic OH excluding ortho intramolecular Hbond substituents is 2. The molecule has 4 aromatic rings. The number of carbonyl (C=O) groups is 2. The molecule has 40 heavy (non-hydrogen) atoms. The second-order valence-corrected chi connectivity index (χ2v) is 11.6. The maximum Gasteiger partial charge on any atom is 0.254 e. The highest BCUT2D eigenvalue weighted by molar-refractivity contribution is 7.17. The van der Waals surface area contributed by atoms with E-state index in [0.29, 0.717) is 59.9 Å². The fourth-order valence-corrected chi connectivity index (χ4v) is 7.01. The van der Waals surface area contributed by atoms with Crippen LogP contribution in [0.15, 0.2) is 48.5 Å². The third-order valence-corrected chi connectivity index (χ3v) is 9.48. The van der Waals surface area contributed by atoms with Gasteiger partial charge >= 0.3 is 0 Å². The molecule has 1 atom stereocenters. The second-order valence-electron chi connectivity index (χ2n) is 10.8. The lowest BCUT2D eigenvalue weighted by Gasteiger charge is -2.38. The summed E-state index contributed by atoms with van der Waals surface area (Å²) in [7, 11) is 0. The molecule has 1 unspecified atom stereocenters. The maximum atomic E-state index is 14.0. The number of hydrogen-bond donors (Lipinski definition) is 2. The number of hydrogen-bond acceptors (Lipinski definition) is 7. The quantitative estimate of drug-likeness (QED) is 0.360. The summed E-state index contributed by atoms with van der Waals surface area (Å²) in [5, 5.41) is 26.5. The van der Waals surface area contributed by atoms with Crippen molar-refractivity contribution in [1.29, 1.82) is 0 Å². The highest BCUT2D eigenvalue weighted by Gasteiger charge is 2.40. The van der Waals surface area contributed by atoms with Gasteiger partial charge in [0.2, 0.25) is 5.91 Å². The Morgan fingerprint density at radius 2 is 1.93 bits per heavy atom. The first-order valence-electron chi connectivity index (χ1n) is 13.7. The number of benzene rings is 2. The van der Waals surface area contributed by atoms with Gasteiger partial charge in [0.05, 0.1) is 33.2 Å². The lowest BCUT2D eigenvalue weighted by atomic mass is 9.80. The Morgan fingerprint density at radius 1 is 1.07 bits per heavy atom. The Balaban J connectivity index is 1.30. The van der Waals surface area contributed by atoms with Crippen molar-refractivity contribution >= 4 is 33.4 Å². The van der Waals surface area contributed by atoms with E-state index < -0.39 is 6.04 Å². The first kappa shape index (κ1) is 24.8. The minimum absolute atomic E-state index is 0.0275. The summed E-state index contributed by atoms with van der Waals surface area (Å²) >= 11 is 1.32. The highest BCUT2D eigenvalue weighted by Crippen LogP contribution is 2.42. The number of fused-ring (bicyclic) bond motifs is 1. The van der Waals surface area contributed by atoms with E-state index in [9.17, 15) is 19.8 Å². The molecule has 10 heteroatoms. The molecular weight excluding hydrogens is 526 g/mol. The van der Waals surface area contributed by atoms with Crippen LogP contribution in [0.3, 0.4) is 0 Å². The van der Waals surface area contributed by atoms with Crippen LogP contribution in [0.2, 0.25) is 0 Å². The van der Waals surface area contributed by atoms with Crippen LogP contribution in [-0.2, 0) is 17.6 Å². The first-order chi connectivity index (χ1) is 19.4. The molecule has 0 saturated heterocycles. The summed E-state index contributed by atoms with van der Waals surface area (Å²) in [6.07, 6.45) is 5.89. The molecule has 3 aliphatic rings. The molecule has 0 spiro atoms. The van der Waals surface area contributed by atoms with E-state index in [1.54, 1.807) is 21.4 Å². The van der Waals surface area contributed by atoms with Gasteiger partial charge < -0.3 is 20.0 Å². The first-order valence-corrected chi connectivity index (χ1v) is 14.5. The number of nitrogens with zero attached hydrogens (tertiary/aromatic N) is 5. The minimum atomic E-state index is -0.434. The molecule has 1 fully saturated rings. The Morgan fingerprint density at radius 3 is 2.67 bits per heavy atom. The highest BCUT2D eigenvalue weighted by atomic mass is 32.1.